The van der Waals surface area contributed by atoms with E-state index in [1.165, 1.54) is 10.9 Å². The van der Waals surface area contributed by atoms with Gasteiger partial charge in [-0.3, -0.25) is 9.48 Å². The predicted octanol–water partition coefficient (Wildman–Crippen LogP) is 2.02. The van der Waals surface area contributed by atoms with Gasteiger partial charge >= 0.3 is 0 Å². The molecule has 0 aliphatic rings. The Labute approximate surface area is 108 Å². The van der Waals surface area contributed by atoms with E-state index in [2.05, 4.69) is 10.4 Å². The lowest BCUT2D eigenvalue weighted by atomic mass is 10.2. The highest BCUT2D eigenvalue weighted by Gasteiger charge is 2.16. The van der Waals surface area contributed by atoms with Crippen molar-refractivity contribution < 1.29 is 13.6 Å². The van der Waals surface area contributed by atoms with E-state index in [1.54, 1.807) is 6.92 Å². The van der Waals surface area contributed by atoms with Crippen LogP contribution in [0.5, 0.6) is 0 Å². The van der Waals surface area contributed by atoms with E-state index in [0.717, 1.165) is 18.2 Å². The van der Waals surface area contributed by atoms with Crippen LogP contribution in [0.3, 0.4) is 0 Å². The Morgan fingerprint density at radius 3 is 2.58 bits per heavy atom. The van der Waals surface area contributed by atoms with Gasteiger partial charge in [-0.2, -0.15) is 5.10 Å². The van der Waals surface area contributed by atoms with Crippen LogP contribution >= 0.6 is 0 Å². The van der Waals surface area contributed by atoms with E-state index in [0.29, 0.717) is 6.54 Å². The quantitative estimate of drug-likeness (QED) is 0.892. The third-order valence-electron chi connectivity index (χ3n) is 2.50. The van der Waals surface area contributed by atoms with Crippen molar-refractivity contribution in [3.05, 3.63) is 41.7 Å². The van der Waals surface area contributed by atoms with Gasteiger partial charge in [-0.1, -0.05) is 0 Å². The van der Waals surface area contributed by atoms with Crippen molar-refractivity contribution in [2.75, 3.05) is 11.1 Å². The number of rotatable bonds is 3. The van der Waals surface area contributed by atoms with E-state index in [-0.39, 0.29) is 17.1 Å². The van der Waals surface area contributed by atoms with E-state index < -0.39 is 17.5 Å². The summed E-state index contributed by atoms with van der Waals surface area (Å²) in [6, 6.07) is 2.76. The van der Waals surface area contributed by atoms with E-state index >= 15 is 0 Å². The number of halogens is 2. The first-order valence-electron chi connectivity index (χ1n) is 5.60. The van der Waals surface area contributed by atoms with Gasteiger partial charge in [-0.25, -0.2) is 8.78 Å². The van der Waals surface area contributed by atoms with Crippen LogP contribution in [0, 0.1) is 11.6 Å². The SMILES string of the molecule is CCn1ncc(N)c1C(=O)Nc1cc(F)cc(F)c1. The average Bonchev–Trinajstić information content (AvgIpc) is 2.68. The molecule has 0 radical (unpaired) electrons. The third kappa shape index (κ3) is 2.70. The van der Waals surface area contributed by atoms with Crippen LogP contribution in [0.15, 0.2) is 24.4 Å². The maximum Gasteiger partial charge on any atom is 0.276 e. The van der Waals surface area contributed by atoms with Gasteiger partial charge in [0.2, 0.25) is 0 Å². The highest BCUT2D eigenvalue weighted by Crippen LogP contribution is 2.16. The van der Waals surface area contributed by atoms with Gasteiger partial charge < -0.3 is 11.1 Å². The van der Waals surface area contributed by atoms with Crippen LogP contribution in [-0.2, 0) is 6.54 Å². The summed E-state index contributed by atoms with van der Waals surface area (Å²) in [5.74, 6) is -2.11. The van der Waals surface area contributed by atoms with Crippen LogP contribution in [-0.4, -0.2) is 15.7 Å². The van der Waals surface area contributed by atoms with Crippen molar-refractivity contribution in [3.63, 3.8) is 0 Å². The normalized spacial score (nSPS) is 10.5. The number of aryl methyl sites for hydroxylation is 1. The fourth-order valence-electron chi connectivity index (χ4n) is 1.70. The van der Waals surface area contributed by atoms with Gasteiger partial charge in [-0.15, -0.1) is 0 Å². The number of nitrogens with zero attached hydrogens (tertiary/aromatic N) is 2. The molecule has 0 aliphatic carbocycles. The van der Waals surface area contributed by atoms with E-state index in [1.807, 2.05) is 0 Å². The van der Waals surface area contributed by atoms with Crippen molar-refractivity contribution in [1.82, 2.24) is 9.78 Å². The molecule has 0 spiro atoms. The highest BCUT2D eigenvalue weighted by atomic mass is 19.1. The summed E-state index contributed by atoms with van der Waals surface area (Å²) in [6.45, 7) is 2.25. The molecule has 2 aromatic rings. The molecule has 2 rings (SSSR count). The van der Waals surface area contributed by atoms with Crippen molar-refractivity contribution in [2.45, 2.75) is 13.5 Å². The van der Waals surface area contributed by atoms with Crippen molar-refractivity contribution in [1.29, 1.82) is 0 Å². The molecule has 0 saturated carbocycles. The number of hydrogen-bond acceptors (Lipinski definition) is 3. The number of hydrogen-bond donors (Lipinski definition) is 2. The summed E-state index contributed by atoms with van der Waals surface area (Å²) in [7, 11) is 0. The molecule has 0 unspecified atom stereocenters. The number of benzene rings is 1. The molecule has 1 aromatic heterocycles. The maximum atomic E-state index is 13.0. The molecule has 0 saturated heterocycles. The lowest BCUT2D eigenvalue weighted by Crippen LogP contribution is -2.19. The Morgan fingerprint density at radius 1 is 1.37 bits per heavy atom. The molecule has 0 bridgehead atoms. The maximum absolute atomic E-state index is 13.0. The van der Waals surface area contributed by atoms with Crippen LogP contribution < -0.4 is 11.1 Å². The van der Waals surface area contributed by atoms with E-state index in [4.69, 9.17) is 5.73 Å². The van der Waals surface area contributed by atoms with Crippen molar-refractivity contribution in [3.8, 4) is 0 Å². The Morgan fingerprint density at radius 2 is 2.00 bits per heavy atom. The molecule has 1 heterocycles. The monoisotopic (exact) mass is 266 g/mol. The first-order chi connectivity index (χ1) is 9.01. The zero-order valence-corrected chi connectivity index (χ0v) is 10.2. The Bertz CT molecular complexity index is 604. The highest BCUT2D eigenvalue weighted by molar-refractivity contribution is 6.06. The number of carbonyl (C=O) groups excluding carboxylic acids is 1. The predicted molar refractivity (Wildman–Crippen MR) is 66.6 cm³/mol. The Hall–Kier alpha value is -2.44. The second-order valence-corrected chi connectivity index (χ2v) is 3.88. The number of aromatic nitrogens is 2. The van der Waals surface area contributed by atoms with Gasteiger partial charge in [0.15, 0.2) is 0 Å². The average molecular weight is 266 g/mol. The van der Waals surface area contributed by atoms with Crippen molar-refractivity contribution in [2.24, 2.45) is 0 Å². The lowest BCUT2D eigenvalue weighted by Gasteiger charge is -2.08. The topological polar surface area (TPSA) is 72.9 Å². The zero-order valence-electron chi connectivity index (χ0n) is 10.2. The minimum atomic E-state index is -0.771. The third-order valence-corrected chi connectivity index (χ3v) is 2.50. The molecule has 0 aliphatic heterocycles. The van der Waals surface area contributed by atoms with Crippen molar-refractivity contribution >= 4 is 17.3 Å². The molecule has 5 nitrogen and oxygen atoms in total. The van der Waals surface area contributed by atoms with Gasteiger partial charge in [0.25, 0.3) is 5.91 Å². The molecular formula is C12H12F2N4O. The second kappa shape index (κ2) is 5.05. The number of nitrogen functional groups attached to an aromatic ring is 1. The summed E-state index contributed by atoms with van der Waals surface area (Å²) < 4.78 is 27.4. The van der Waals surface area contributed by atoms with Crippen LogP contribution in [0.4, 0.5) is 20.2 Å². The molecule has 1 aromatic carbocycles. The Balaban J connectivity index is 2.28. The Kier molecular flexibility index (Phi) is 3.46. The molecule has 100 valence electrons. The summed E-state index contributed by atoms with van der Waals surface area (Å²) >= 11 is 0. The summed E-state index contributed by atoms with van der Waals surface area (Å²) in [5, 5.41) is 6.30. The largest absolute Gasteiger partial charge is 0.396 e. The fraction of sp³-hybridized carbons (Fsp3) is 0.167. The van der Waals surface area contributed by atoms with E-state index in [9.17, 15) is 13.6 Å². The molecular weight excluding hydrogens is 254 g/mol. The number of nitrogens with two attached hydrogens (primary N) is 1. The van der Waals surface area contributed by atoms with Gasteiger partial charge in [0.05, 0.1) is 11.9 Å². The molecule has 19 heavy (non-hydrogen) atoms. The minimum Gasteiger partial charge on any atom is -0.396 e. The summed E-state index contributed by atoms with van der Waals surface area (Å²) in [5.41, 5.74) is 6.02. The smallest absolute Gasteiger partial charge is 0.276 e. The number of amides is 1. The molecule has 3 N–H and O–H groups in total. The van der Waals surface area contributed by atoms with Crippen LogP contribution in [0.25, 0.3) is 0 Å². The minimum absolute atomic E-state index is 0.0192. The molecule has 1 amide bonds. The summed E-state index contributed by atoms with van der Waals surface area (Å²) in [4.78, 5) is 12.0. The second-order valence-electron chi connectivity index (χ2n) is 3.88. The van der Waals surface area contributed by atoms with Gasteiger partial charge in [0.1, 0.15) is 17.3 Å². The summed E-state index contributed by atoms with van der Waals surface area (Å²) in [6.07, 6.45) is 1.35. The zero-order chi connectivity index (χ0) is 14.0. The van der Waals surface area contributed by atoms with Gasteiger partial charge in [-0.05, 0) is 19.1 Å². The number of carbonyl (C=O) groups is 1. The molecule has 0 atom stereocenters. The lowest BCUT2D eigenvalue weighted by molar-refractivity contribution is 0.101. The number of nitrogens with one attached hydrogen (secondary N) is 1. The first-order valence-corrected chi connectivity index (χ1v) is 5.60. The fourth-order valence-corrected chi connectivity index (χ4v) is 1.70. The van der Waals surface area contributed by atoms with Gasteiger partial charge in [0, 0.05) is 18.3 Å². The number of anilines is 2. The van der Waals surface area contributed by atoms with Crippen LogP contribution in [0.2, 0.25) is 0 Å². The molecule has 7 heteroatoms. The first kappa shape index (κ1) is 13.0. The van der Waals surface area contributed by atoms with Crippen LogP contribution in [0.1, 0.15) is 17.4 Å². The standard InChI is InChI=1S/C12H12F2N4O/c1-2-18-11(10(15)6-16-18)12(19)17-9-4-7(13)3-8(14)5-9/h3-6H,2,15H2,1H3,(H,17,19). The molecule has 0 fully saturated rings.